The zero-order chi connectivity index (χ0) is 25.2. The number of nitrogens with zero attached hydrogens (tertiary/aromatic N) is 5. The fraction of sp³-hybridized carbons (Fsp3) is 0.542. The molecule has 2 N–H and O–H groups in total. The molecule has 1 aliphatic heterocycles. The maximum Gasteiger partial charge on any atom is 0.407 e. The van der Waals surface area contributed by atoms with Gasteiger partial charge in [0.1, 0.15) is 16.3 Å². The summed E-state index contributed by atoms with van der Waals surface area (Å²) in [6.07, 6.45) is 4.52. The van der Waals surface area contributed by atoms with Crippen LogP contribution in [0.2, 0.25) is 0 Å². The van der Waals surface area contributed by atoms with Crippen LogP contribution in [0.5, 0.6) is 0 Å². The zero-order valence-electron chi connectivity index (χ0n) is 20.9. The van der Waals surface area contributed by atoms with Crippen LogP contribution in [0.25, 0.3) is 16.2 Å². The lowest BCUT2D eigenvalue weighted by Gasteiger charge is -2.32. The molecular weight excluding hydrogens is 466 g/mol. The van der Waals surface area contributed by atoms with Crippen molar-refractivity contribution in [3.05, 3.63) is 29.5 Å². The minimum Gasteiger partial charge on any atom is -0.450 e. The molecule has 1 unspecified atom stereocenters. The molecule has 10 nitrogen and oxygen atoms in total. The highest BCUT2D eigenvalue weighted by atomic mass is 32.1. The number of hydrogen-bond donors (Lipinski definition) is 2. The summed E-state index contributed by atoms with van der Waals surface area (Å²) in [5.41, 5.74) is 1.13. The maximum absolute atomic E-state index is 13.5. The number of fused-ring (bicyclic) bond motifs is 1. The number of carbonyl (C=O) groups is 2. The topological polar surface area (TPSA) is 114 Å². The predicted molar refractivity (Wildman–Crippen MR) is 136 cm³/mol. The SMILES string of the molecule is CCOC(=O)NC1CCN(C(=O)c2cc(NC(C)C(C)(C)C)nc(-c3cnn4ccsc34)n2)CC1. The lowest BCUT2D eigenvalue weighted by Crippen LogP contribution is -2.46. The number of thiazole rings is 1. The molecule has 2 amide bonds. The van der Waals surface area contributed by atoms with Gasteiger partial charge in [-0.05, 0) is 32.1 Å². The molecule has 0 radical (unpaired) electrons. The van der Waals surface area contributed by atoms with Gasteiger partial charge in [-0.3, -0.25) is 4.79 Å². The predicted octanol–water partition coefficient (Wildman–Crippen LogP) is 4.05. The van der Waals surface area contributed by atoms with Crippen molar-refractivity contribution in [2.24, 2.45) is 5.41 Å². The fourth-order valence-corrected chi connectivity index (χ4v) is 4.59. The molecule has 3 aromatic heterocycles. The van der Waals surface area contributed by atoms with Crippen molar-refractivity contribution in [1.82, 2.24) is 29.8 Å². The number of anilines is 1. The van der Waals surface area contributed by atoms with E-state index in [4.69, 9.17) is 9.72 Å². The van der Waals surface area contributed by atoms with Crippen LogP contribution in [0.3, 0.4) is 0 Å². The first-order valence-corrected chi connectivity index (χ1v) is 12.8. The van der Waals surface area contributed by atoms with Gasteiger partial charge in [0, 0.05) is 42.8 Å². The summed E-state index contributed by atoms with van der Waals surface area (Å²) in [4.78, 5) is 37.3. The van der Waals surface area contributed by atoms with Crippen molar-refractivity contribution in [3.63, 3.8) is 0 Å². The number of amides is 2. The van der Waals surface area contributed by atoms with Crippen molar-refractivity contribution in [3.8, 4) is 11.4 Å². The van der Waals surface area contributed by atoms with Crippen LogP contribution in [0.15, 0.2) is 23.8 Å². The van der Waals surface area contributed by atoms with Crippen molar-refractivity contribution < 1.29 is 14.3 Å². The average Bonchev–Trinajstić information content (AvgIpc) is 3.42. The number of nitrogens with one attached hydrogen (secondary N) is 2. The Morgan fingerprint density at radius 3 is 2.69 bits per heavy atom. The Hall–Kier alpha value is -3.21. The Bertz CT molecular complexity index is 1190. The van der Waals surface area contributed by atoms with Gasteiger partial charge < -0.3 is 20.3 Å². The molecule has 188 valence electrons. The molecule has 1 atom stereocenters. The highest BCUT2D eigenvalue weighted by molar-refractivity contribution is 7.16. The Labute approximate surface area is 209 Å². The van der Waals surface area contributed by atoms with Gasteiger partial charge in [-0.1, -0.05) is 20.8 Å². The van der Waals surface area contributed by atoms with Gasteiger partial charge >= 0.3 is 6.09 Å². The molecule has 0 bridgehead atoms. The lowest BCUT2D eigenvalue weighted by atomic mass is 9.88. The molecule has 0 saturated carbocycles. The minimum absolute atomic E-state index is 0.00181. The van der Waals surface area contributed by atoms with Crippen molar-refractivity contribution in [1.29, 1.82) is 0 Å². The highest BCUT2D eigenvalue weighted by Gasteiger charge is 2.28. The van der Waals surface area contributed by atoms with Gasteiger partial charge in [-0.2, -0.15) is 5.10 Å². The number of ether oxygens (including phenoxy) is 1. The molecule has 0 aromatic carbocycles. The van der Waals surface area contributed by atoms with Gasteiger partial charge in [-0.25, -0.2) is 19.3 Å². The molecule has 3 aromatic rings. The molecule has 35 heavy (non-hydrogen) atoms. The maximum atomic E-state index is 13.5. The first kappa shape index (κ1) is 24.9. The summed E-state index contributed by atoms with van der Waals surface area (Å²) in [7, 11) is 0. The van der Waals surface area contributed by atoms with E-state index in [2.05, 4.69) is 48.4 Å². The van der Waals surface area contributed by atoms with Gasteiger partial charge in [0.2, 0.25) is 0 Å². The largest absolute Gasteiger partial charge is 0.450 e. The molecule has 0 spiro atoms. The van der Waals surface area contributed by atoms with E-state index >= 15 is 0 Å². The van der Waals surface area contributed by atoms with Gasteiger partial charge in [0.05, 0.1) is 18.4 Å². The van der Waals surface area contributed by atoms with Gasteiger partial charge in [0.25, 0.3) is 5.91 Å². The fourth-order valence-electron chi connectivity index (χ4n) is 3.80. The molecule has 1 saturated heterocycles. The van der Waals surface area contributed by atoms with E-state index in [1.807, 2.05) is 11.6 Å². The summed E-state index contributed by atoms with van der Waals surface area (Å²) in [5, 5.41) is 12.7. The van der Waals surface area contributed by atoms with Crippen LogP contribution >= 0.6 is 11.3 Å². The zero-order valence-corrected chi connectivity index (χ0v) is 21.7. The summed E-state index contributed by atoms with van der Waals surface area (Å²) in [5.74, 6) is 0.926. The van der Waals surface area contributed by atoms with Crippen LogP contribution in [-0.2, 0) is 4.74 Å². The third kappa shape index (κ3) is 5.72. The quantitative estimate of drug-likeness (QED) is 0.526. The number of piperidine rings is 1. The molecule has 4 heterocycles. The summed E-state index contributed by atoms with van der Waals surface area (Å²) >= 11 is 1.55. The number of hydrogen-bond acceptors (Lipinski definition) is 8. The monoisotopic (exact) mass is 499 g/mol. The first-order chi connectivity index (χ1) is 16.7. The Kier molecular flexibility index (Phi) is 7.25. The molecule has 1 fully saturated rings. The Balaban J connectivity index is 1.58. The third-order valence-corrected chi connectivity index (χ3v) is 7.25. The second-order valence-electron chi connectivity index (χ2n) is 9.84. The normalized spacial score (nSPS) is 15.7. The summed E-state index contributed by atoms with van der Waals surface area (Å²) in [6, 6.07) is 1.84. The average molecular weight is 500 g/mol. The van der Waals surface area contributed by atoms with E-state index in [-0.39, 0.29) is 23.4 Å². The third-order valence-electron chi connectivity index (χ3n) is 6.36. The van der Waals surface area contributed by atoms with E-state index in [1.54, 1.807) is 39.9 Å². The number of rotatable bonds is 6. The second-order valence-corrected chi connectivity index (χ2v) is 10.7. The van der Waals surface area contributed by atoms with E-state index in [0.29, 0.717) is 49.9 Å². The first-order valence-electron chi connectivity index (χ1n) is 11.9. The van der Waals surface area contributed by atoms with E-state index in [0.717, 1.165) is 10.4 Å². The Morgan fingerprint density at radius 1 is 1.26 bits per heavy atom. The smallest absolute Gasteiger partial charge is 0.407 e. The van der Waals surface area contributed by atoms with Crippen molar-refractivity contribution in [2.75, 3.05) is 25.0 Å². The van der Waals surface area contributed by atoms with E-state index in [9.17, 15) is 9.59 Å². The lowest BCUT2D eigenvalue weighted by molar-refractivity contribution is 0.0696. The molecule has 0 aliphatic carbocycles. The molecule has 4 rings (SSSR count). The number of aromatic nitrogens is 4. The Morgan fingerprint density at radius 2 is 2.00 bits per heavy atom. The van der Waals surface area contributed by atoms with Crippen molar-refractivity contribution >= 4 is 34.0 Å². The van der Waals surface area contributed by atoms with Crippen LogP contribution in [0.1, 0.15) is 57.9 Å². The molecule has 1 aliphatic rings. The molecular formula is C24H33N7O3S. The van der Waals surface area contributed by atoms with Crippen LogP contribution in [0, 0.1) is 5.41 Å². The van der Waals surface area contributed by atoms with Gasteiger partial charge in [-0.15, -0.1) is 11.3 Å². The summed E-state index contributed by atoms with van der Waals surface area (Å²) in [6.45, 7) is 11.7. The van der Waals surface area contributed by atoms with E-state index in [1.165, 1.54) is 0 Å². The standard InChI is InChI=1S/C24H33N7O3S/c1-6-34-23(33)27-16-7-9-30(10-8-16)21(32)18-13-19(26-15(2)24(3,4)5)29-20(28-18)17-14-25-31-11-12-35-22(17)31/h11-16H,6-10H2,1-5H3,(H,27,33)(H,26,28,29). The van der Waals surface area contributed by atoms with Gasteiger partial charge in [0.15, 0.2) is 5.82 Å². The van der Waals surface area contributed by atoms with Crippen molar-refractivity contribution in [2.45, 2.75) is 59.5 Å². The van der Waals surface area contributed by atoms with Crippen LogP contribution in [-0.4, -0.2) is 68.3 Å². The van der Waals surface area contributed by atoms with E-state index < -0.39 is 6.09 Å². The highest BCUT2D eigenvalue weighted by Crippen LogP contribution is 2.28. The number of likely N-dealkylation sites (tertiary alicyclic amines) is 1. The molecule has 11 heteroatoms. The second kappa shape index (κ2) is 10.2. The number of carbonyl (C=O) groups excluding carboxylic acids is 2. The van der Waals surface area contributed by atoms with Crippen LogP contribution < -0.4 is 10.6 Å². The number of alkyl carbamates (subject to hydrolysis) is 1. The van der Waals surface area contributed by atoms with Crippen LogP contribution in [0.4, 0.5) is 10.6 Å². The summed E-state index contributed by atoms with van der Waals surface area (Å²) < 4.78 is 6.75. The minimum atomic E-state index is -0.414.